The Bertz CT molecular complexity index is 1250. The number of nitrogens with zero attached hydrogens (tertiary/aromatic N) is 4. The number of aldehydes is 1. The van der Waals surface area contributed by atoms with Crippen molar-refractivity contribution < 1.29 is 15.2 Å². The third-order valence-electron chi connectivity index (χ3n) is 6.37. The van der Waals surface area contributed by atoms with Crippen molar-refractivity contribution in [3.63, 3.8) is 0 Å². The lowest BCUT2D eigenvalue weighted by atomic mass is 9.90. The SMILES string of the molecule is CN=CN(C)C(=N)C1CCN(c2c(-c3ccc(O)c(C=O)c3)ccc(C(=N)/C=C\[NH2+]C)c2C#N)CC1. The van der Waals surface area contributed by atoms with Crippen molar-refractivity contribution in [1.29, 1.82) is 16.1 Å². The lowest BCUT2D eigenvalue weighted by Gasteiger charge is -2.37. The molecule has 5 N–H and O–H groups in total. The molecule has 2 aromatic rings. The minimum atomic E-state index is -0.103. The molecular weight excluding hydrogens is 454 g/mol. The Hall–Kier alpha value is -4.29. The first-order valence-corrected chi connectivity index (χ1v) is 11.7. The van der Waals surface area contributed by atoms with Gasteiger partial charge >= 0.3 is 0 Å². The summed E-state index contributed by atoms with van der Waals surface area (Å²) in [4.78, 5) is 19.3. The van der Waals surface area contributed by atoms with Gasteiger partial charge in [0.25, 0.3) is 0 Å². The molecule has 1 fully saturated rings. The summed E-state index contributed by atoms with van der Waals surface area (Å²) in [7, 11) is 5.36. The molecule has 1 aliphatic heterocycles. The van der Waals surface area contributed by atoms with Crippen molar-refractivity contribution in [3.05, 3.63) is 59.3 Å². The van der Waals surface area contributed by atoms with E-state index < -0.39 is 0 Å². The van der Waals surface area contributed by atoms with Crippen LogP contribution in [-0.4, -0.2) is 68.4 Å². The fourth-order valence-corrected chi connectivity index (χ4v) is 4.49. The molecule has 186 valence electrons. The number of anilines is 1. The van der Waals surface area contributed by atoms with Gasteiger partial charge in [0, 0.05) is 50.3 Å². The highest BCUT2D eigenvalue weighted by atomic mass is 16.3. The van der Waals surface area contributed by atoms with Crippen molar-refractivity contribution >= 4 is 29.9 Å². The molecule has 0 radical (unpaired) electrons. The fourth-order valence-electron chi connectivity index (χ4n) is 4.49. The molecule has 2 aromatic carbocycles. The number of nitrogens with two attached hydrogens (primary N) is 1. The average Bonchev–Trinajstić information content (AvgIpc) is 2.90. The van der Waals surface area contributed by atoms with E-state index >= 15 is 0 Å². The highest BCUT2D eigenvalue weighted by molar-refractivity contribution is 6.10. The first-order valence-electron chi connectivity index (χ1n) is 11.7. The van der Waals surface area contributed by atoms with Crippen molar-refractivity contribution in [2.45, 2.75) is 12.8 Å². The van der Waals surface area contributed by atoms with Gasteiger partial charge in [-0.1, -0.05) is 18.2 Å². The third-order valence-corrected chi connectivity index (χ3v) is 6.37. The number of carbonyl (C=O) groups is 1. The second kappa shape index (κ2) is 11.9. The third kappa shape index (κ3) is 5.50. The Morgan fingerprint density at radius 1 is 1.28 bits per heavy atom. The number of benzene rings is 2. The molecule has 0 atom stereocenters. The van der Waals surface area contributed by atoms with Crippen molar-refractivity contribution in [3.8, 4) is 22.9 Å². The van der Waals surface area contributed by atoms with Gasteiger partial charge in [0.05, 0.1) is 42.1 Å². The summed E-state index contributed by atoms with van der Waals surface area (Å²) in [6.45, 7) is 1.25. The molecular formula is C27H32N7O2+. The summed E-state index contributed by atoms with van der Waals surface area (Å²) >= 11 is 0. The Kier molecular flexibility index (Phi) is 8.71. The minimum Gasteiger partial charge on any atom is -0.507 e. The maximum Gasteiger partial charge on any atom is 0.153 e. The summed E-state index contributed by atoms with van der Waals surface area (Å²) in [6, 6.07) is 10.8. The first-order chi connectivity index (χ1) is 17.4. The zero-order valence-corrected chi connectivity index (χ0v) is 20.8. The van der Waals surface area contributed by atoms with Crippen LogP contribution in [-0.2, 0) is 0 Å². The highest BCUT2D eigenvalue weighted by Gasteiger charge is 2.28. The number of aliphatic imine (C=N–C) groups is 1. The van der Waals surface area contributed by atoms with Gasteiger partial charge in [0.15, 0.2) is 6.29 Å². The lowest BCUT2D eigenvalue weighted by Crippen LogP contribution is -2.72. The predicted octanol–water partition coefficient (Wildman–Crippen LogP) is 2.60. The van der Waals surface area contributed by atoms with E-state index in [4.69, 9.17) is 10.8 Å². The number of hydrogen-bond acceptors (Lipinski definition) is 7. The van der Waals surface area contributed by atoms with Crippen molar-refractivity contribution in [2.75, 3.05) is 39.1 Å². The normalized spacial score (nSPS) is 14.2. The van der Waals surface area contributed by atoms with Crippen LogP contribution in [0.4, 0.5) is 5.69 Å². The molecule has 9 heteroatoms. The van der Waals surface area contributed by atoms with Crippen molar-refractivity contribution in [1.82, 2.24) is 4.90 Å². The van der Waals surface area contributed by atoms with E-state index in [0.717, 1.165) is 18.4 Å². The Morgan fingerprint density at radius 2 is 2.00 bits per heavy atom. The number of phenols is 1. The van der Waals surface area contributed by atoms with Gasteiger partial charge < -0.3 is 25.6 Å². The lowest BCUT2D eigenvalue weighted by molar-refractivity contribution is -0.556. The van der Waals surface area contributed by atoms with Crippen LogP contribution in [0.15, 0.2) is 47.6 Å². The maximum absolute atomic E-state index is 11.5. The Labute approximate surface area is 211 Å². The molecule has 1 heterocycles. The van der Waals surface area contributed by atoms with Crippen LogP contribution >= 0.6 is 0 Å². The van der Waals surface area contributed by atoms with E-state index in [2.05, 4.69) is 16.0 Å². The van der Waals surface area contributed by atoms with Crippen LogP contribution in [0.2, 0.25) is 0 Å². The molecule has 0 aliphatic carbocycles. The quantitative estimate of drug-likeness (QED) is 0.258. The molecule has 0 amide bonds. The summed E-state index contributed by atoms with van der Waals surface area (Å²) in [5.74, 6) is 0.471. The molecule has 0 saturated carbocycles. The zero-order valence-electron chi connectivity index (χ0n) is 20.8. The standard InChI is InChI=1S/C27H31N7O2/c1-31-11-8-24(29)22-6-5-21(19-4-7-25(36)20(14-19)16-35)26(23(22)15-28)34-12-9-18(10-13-34)27(30)33(3)17-32-2/h4-8,11,14,16-18,29-31,36H,9-10,12-13H2,1-3H3/p+1/b11-8-,29-24?,30-27?,32-17?. The Morgan fingerprint density at radius 3 is 2.61 bits per heavy atom. The summed E-state index contributed by atoms with van der Waals surface area (Å²) in [5, 5.41) is 39.1. The highest BCUT2D eigenvalue weighted by Crippen LogP contribution is 2.39. The van der Waals surface area contributed by atoms with E-state index in [1.54, 1.807) is 48.8 Å². The molecule has 1 saturated heterocycles. The first kappa shape index (κ1) is 26.3. The van der Waals surface area contributed by atoms with Crippen molar-refractivity contribution in [2.24, 2.45) is 10.9 Å². The molecule has 36 heavy (non-hydrogen) atoms. The number of amidine groups is 1. The van der Waals surface area contributed by atoms with Crippen LogP contribution in [0, 0.1) is 28.1 Å². The van der Waals surface area contributed by atoms with E-state index in [-0.39, 0.29) is 22.9 Å². The summed E-state index contributed by atoms with van der Waals surface area (Å²) in [5.41, 5.74) is 3.47. The molecule has 3 rings (SSSR count). The number of carbonyl (C=O) groups excluding carboxylic acids is 1. The molecule has 0 aromatic heterocycles. The minimum absolute atomic E-state index is 0.0677. The van der Waals surface area contributed by atoms with Gasteiger partial charge in [-0.3, -0.25) is 15.2 Å². The number of hydrogen-bond donors (Lipinski definition) is 4. The topological polar surface area (TPSA) is 144 Å². The smallest absolute Gasteiger partial charge is 0.153 e. The largest absolute Gasteiger partial charge is 0.507 e. The van der Waals surface area contributed by atoms with Gasteiger partial charge in [-0.05, 0) is 30.5 Å². The molecule has 0 spiro atoms. The van der Waals surface area contributed by atoms with Gasteiger partial charge in [0.1, 0.15) is 17.7 Å². The zero-order chi connectivity index (χ0) is 26.2. The summed E-state index contributed by atoms with van der Waals surface area (Å²) < 4.78 is 0. The summed E-state index contributed by atoms with van der Waals surface area (Å²) in [6.07, 6.45) is 7.11. The number of allylic oxidation sites excluding steroid dienone is 1. The van der Waals surface area contributed by atoms with Crippen LogP contribution in [0.1, 0.15) is 34.3 Å². The van der Waals surface area contributed by atoms with Gasteiger partial charge in [0.2, 0.25) is 0 Å². The fraction of sp³-hybridized carbons (Fsp3) is 0.296. The second-order valence-corrected chi connectivity index (χ2v) is 8.62. The van der Waals surface area contributed by atoms with Crippen LogP contribution in [0.25, 0.3) is 11.1 Å². The van der Waals surface area contributed by atoms with E-state index in [9.17, 15) is 15.2 Å². The Balaban J connectivity index is 2.08. The predicted molar refractivity (Wildman–Crippen MR) is 142 cm³/mol. The van der Waals surface area contributed by atoms with E-state index in [1.807, 2.05) is 25.5 Å². The molecule has 1 aliphatic rings. The number of nitrogens with one attached hydrogen (secondary N) is 2. The molecule has 0 bridgehead atoms. The number of aromatic hydroxyl groups is 1. The monoisotopic (exact) mass is 486 g/mol. The number of phenolic OH excluding ortho intramolecular Hbond substituents is 1. The van der Waals surface area contributed by atoms with Crippen LogP contribution < -0.4 is 10.2 Å². The molecule has 0 unspecified atom stereocenters. The average molecular weight is 487 g/mol. The van der Waals surface area contributed by atoms with Gasteiger partial charge in [-0.25, -0.2) is 0 Å². The second-order valence-electron chi connectivity index (χ2n) is 8.62. The number of rotatable bonds is 8. The van der Waals surface area contributed by atoms with E-state index in [1.165, 1.54) is 6.07 Å². The number of nitriles is 1. The van der Waals surface area contributed by atoms with Gasteiger partial charge in [-0.2, -0.15) is 5.26 Å². The van der Waals surface area contributed by atoms with Crippen LogP contribution in [0.5, 0.6) is 5.75 Å². The molecule has 9 nitrogen and oxygen atoms in total. The van der Waals surface area contributed by atoms with Gasteiger partial charge in [-0.15, -0.1) is 0 Å². The number of piperidine rings is 1. The number of quaternary nitrogens is 1. The van der Waals surface area contributed by atoms with E-state index in [0.29, 0.717) is 47.6 Å². The van der Waals surface area contributed by atoms with Crippen LogP contribution in [0.3, 0.4) is 0 Å². The maximum atomic E-state index is 11.5.